The van der Waals surface area contributed by atoms with Gasteiger partial charge in [0.1, 0.15) is 5.82 Å². The van der Waals surface area contributed by atoms with Crippen LogP contribution in [-0.4, -0.2) is 9.97 Å². The first-order valence-corrected chi connectivity index (χ1v) is 5.53. The van der Waals surface area contributed by atoms with Gasteiger partial charge in [0.25, 0.3) is 0 Å². The maximum Gasteiger partial charge on any atom is 0.417 e. The average Bonchev–Trinajstić information content (AvgIpc) is 2.28. The van der Waals surface area contributed by atoms with Gasteiger partial charge in [0, 0.05) is 11.8 Å². The van der Waals surface area contributed by atoms with E-state index < -0.39 is 17.6 Å². The number of nitrogens with zero attached hydrogens (tertiary/aromatic N) is 2. The van der Waals surface area contributed by atoms with Crippen molar-refractivity contribution in [3.8, 4) is 11.1 Å². The molecule has 0 N–H and O–H groups in total. The summed E-state index contributed by atoms with van der Waals surface area (Å²) in [6, 6.07) is 2.46. The molecule has 0 spiro atoms. The predicted molar refractivity (Wildman–Crippen MR) is 62.2 cm³/mol. The summed E-state index contributed by atoms with van der Waals surface area (Å²) in [6.07, 6.45) is -3.48. The van der Waals surface area contributed by atoms with E-state index in [9.17, 15) is 17.6 Å². The molecule has 0 bridgehead atoms. The fourth-order valence-electron chi connectivity index (χ4n) is 1.69. The Morgan fingerprint density at radius 3 is 2.42 bits per heavy atom. The highest BCUT2D eigenvalue weighted by molar-refractivity contribution is 6.28. The van der Waals surface area contributed by atoms with Gasteiger partial charge in [0.2, 0.25) is 5.28 Å². The summed E-state index contributed by atoms with van der Waals surface area (Å²) in [6.45, 7) is 1.51. The van der Waals surface area contributed by atoms with Gasteiger partial charge in [-0.3, -0.25) is 0 Å². The van der Waals surface area contributed by atoms with E-state index >= 15 is 0 Å². The largest absolute Gasteiger partial charge is 0.417 e. The van der Waals surface area contributed by atoms with E-state index in [1.54, 1.807) is 0 Å². The lowest BCUT2D eigenvalue weighted by Crippen LogP contribution is -2.08. The molecular weight excluding hydrogens is 284 g/mol. The summed E-state index contributed by atoms with van der Waals surface area (Å²) >= 11 is 5.55. The van der Waals surface area contributed by atoms with Crippen molar-refractivity contribution in [3.63, 3.8) is 0 Å². The summed E-state index contributed by atoms with van der Waals surface area (Å²) in [5.74, 6) is -0.955. The van der Waals surface area contributed by atoms with Crippen molar-refractivity contribution in [2.24, 2.45) is 0 Å². The lowest BCUT2D eigenvalue weighted by Gasteiger charge is -2.14. The van der Waals surface area contributed by atoms with Gasteiger partial charge in [-0.05, 0) is 36.2 Å². The number of aromatic nitrogens is 2. The first-order chi connectivity index (χ1) is 8.79. The third-order valence-corrected chi connectivity index (χ3v) is 2.71. The minimum atomic E-state index is -4.66. The maximum absolute atomic E-state index is 13.0. The van der Waals surface area contributed by atoms with Gasteiger partial charge in [-0.1, -0.05) is 6.07 Å². The molecule has 2 rings (SSSR count). The molecule has 19 heavy (non-hydrogen) atoms. The molecule has 1 aromatic heterocycles. The molecule has 0 fully saturated rings. The second-order valence-electron chi connectivity index (χ2n) is 3.83. The third-order valence-electron chi connectivity index (χ3n) is 2.53. The van der Waals surface area contributed by atoms with E-state index in [0.717, 1.165) is 12.1 Å². The molecule has 0 saturated carbocycles. The summed E-state index contributed by atoms with van der Waals surface area (Å²) in [5.41, 5.74) is -0.793. The van der Waals surface area contributed by atoms with Crippen LogP contribution < -0.4 is 0 Å². The number of hydrogen-bond donors (Lipinski definition) is 0. The van der Waals surface area contributed by atoms with Gasteiger partial charge in [0.05, 0.1) is 11.3 Å². The van der Waals surface area contributed by atoms with Gasteiger partial charge < -0.3 is 0 Å². The molecule has 1 aromatic carbocycles. The number of aryl methyl sites for hydroxylation is 1. The highest BCUT2D eigenvalue weighted by atomic mass is 35.5. The lowest BCUT2D eigenvalue weighted by atomic mass is 9.99. The zero-order valence-corrected chi connectivity index (χ0v) is 10.3. The maximum atomic E-state index is 13.0. The minimum Gasteiger partial charge on any atom is -0.226 e. The number of alkyl halides is 3. The Hall–Kier alpha value is -1.69. The molecule has 7 heteroatoms. The Bertz CT molecular complexity index is 626. The van der Waals surface area contributed by atoms with Gasteiger partial charge in [-0.15, -0.1) is 0 Å². The van der Waals surface area contributed by atoms with Crippen molar-refractivity contribution in [2.75, 3.05) is 0 Å². The highest BCUT2D eigenvalue weighted by Gasteiger charge is 2.34. The van der Waals surface area contributed by atoms with E-state index in [2.05, 4.69) is 9.97 Å². The molecule has 0 aliphatic rings. The summed E-state index contributed by atoms with van der Waals surface area (Å²) in [7, 11) is 0. The monoisotopic (exact) mass is 290 g/mol. The molecule has 0 aliphatic heterocycles. The van der Waals surface area contributed by atoms with E-state index in [4.69, 9.17) is 11.6 Å². The quantitative estimate of drug-likeness (QED) is 0.579. The van der Waals surface area contributed by atoms with Gasteiger partial charge in [-0.25, -0.2) is 14.4 Å². The second-order valence-corrected chi connectivity index (χ2v) is 4.16. The Balaban J connectivity index is 2.68. The summed E-state index contributed by atoms with van der Waals surface area (Å²) in [5, 5.41) is -0.0584. The van der Waals surface area contributed by atoms with Crippen LogP contribution in [0, 0.1) is 12.7 Å². The Labute approximate surface area is 111 Å². The predicted octanol–water partition coefficient (Wildman–Crippen LogP) is 4.26. The van der Waals surface area contributed by atoms with E-state index in [1.807, 2.05) is 0 Å². The van der Waals surface area contributed by atoms with Crippen molar-refractivity contribution in [1.29, 1.82) is 0 Å². The van der Waals surface area contributed by atoms with Crippen molar-refractivity contribution in [2.45, 2.75) is 13.1 Å². The van der Waals surface area contributed by atoms with Crippen molar-refractivity contribution >= 4 is 11.6 Å². The number of rotatable bonds is 1. The van der Waals surface area contributed by atoms with E-state index in [-0.39, 0.29) is 22.1 Å². The molecule has 2 nitrogen and oxygen atoms in total. The average molecular weight is 291 g/mol. The van der Waals surface area contributed by atoms with Crippen LogP contribution >= 0.6 is 11.6 Å². The topological polar surface area (TPSA) is 25.8 Å². The SMILES string of the molecule is Cc1nc(Cl)ncc1-c1ccc(F)cc1C(F)(F)F. The zero-order valence-electron chi connectivity index (χ0n) is 9.59. The minimum absolute atomic E-state index is 0.0584. The van der Waals surface area contributed by atoms with Gasteiger partial charge in [0.15, 0.2) is 0 Å². The zero-order chi connectivity index (χ0) is 14.2. The Kier molecular flexibility index (Phi) is 3.45. The van der Waals surface area contributed by atoms with Crippen LogP contribution in [0.5, 0.6) is 0 Å². The lowest BCUT2D eigenvalue weighted by molar-refractivity contribution is -0.137. The Morgan fingerprint density at radius 2 is 1.84 bits per heavy atom. The van der Waals surface area contributed by atoms with Crippen LogP contribution in [0.2, 0.25) is 5.28 Å². The smallest absolute Gasteiger partial charge is 0.226 e. The van der Waals surface area contributed by atoms with E-state index in [0.29, 0.717) is 6.07 Å². The van der Waals surface area contributed by atoms with Crippen LogP contribution in [0.3, 0.4) is 0 Å². The van der Waals surface area contributed by atoms with Crippen LogP contribution in [0.1, 0.15) is 11.3 Å². The van der Waals surface area contributed by atoms with E-state index in [1.165, 1.54) is 13.1 Å². The van der Waals surface area contributed by atoms with Crippen LogP contribution in [-0.2, 0) is 6.18 Å². The molecule has 0 radical (unpaired) electrons. The van der Waals surface area contributed by atoms with Crippen molar-refractivity contribution < 1.29 is 17.6 Å². The van der Waals surface area contributed by atoms with Crippen LogP contribution in [0.4, 0.5) is 17.6 Å². The molecule has 0 unspecified atom stereocenters. The number of halogens is 5. The van der Waals surface area contributed by atoms with Crippen LogP contribution in [0.15, 0.2) is 24.4 Å². The Morgan fingerprint density at radius 1 is 1.16 bits per heavy atom. The van der Waals surface area contributed by atoms with Crippen LogP contribution in [0.25, 0.3) is 11.1 Å². The normalized spacial score (nSPS) is 11.7. The fourth-order valence-corrected chi connectivity index (χ4v) is 1.86. The second kappa shape index (κ2) is 4.77. The molecular formula is C12H7ClF4N2. The highest BCUT2D eigenvalue weighted by Crippen LogP contribution is 2.38. The molecule has 0 atom stereocenters. The van der Waals surface area contributed by atoms with Gasteiger partial charge >= 0.3 is 6.18 Å². The standard InChI is InChI=1S/C12H7ClF4N2/c1-6-9(5-18-11(13)19-6)8-3-2-7(14)4-10(8)12(15,16)17/h2-5H,1H3. The third kappa shape index (κ3) is 2.84. The van der Waals surface area contributed by atoms with Crippen molar-refractivity contribution in [3.05, 3.63) is 46.8 Å². The molecule has 0 amide bonds. The summed E-state index contributed by atoms with van der Waals surface area (Å²) < 4.78 is 51.7. The summed E-state index contributed by atoms with van der Waals surface area (Å²) in [4.78, 5) is 7.44. The molecule has 100 valence electrons. The molecule has 2 aromatic rings. The molecule has 1 heterocycles. The molecule has 0 saturated heterocycles. The van der Waals surface area contributed by atoms with Gasteiger partial charge in [-0.2, -0.15) is 13.2 Å². The number of hydrogen-bond acceptors (Lipinski definition) is 2. The van der Waals surface area contributed by atoms with Crippen molar-refractivity contribution in [1.82, 2.24) is 9.97 Å². The first kappa shape index (κ1) is 13.7. The fraction of sp³-hybridized carbons (Fsp3) is 0.167. The number of benzene rings is 1. The molecule has 0 aliphatic carbocycles. The first-order valence-electron chi connectivity index (χ1n) is 5.15.